The summed E-state index contributed by atoms with van der Waals surface area (Å²) < 4.78 is 0. The van der Waals surface area contributed by atoms with Crippen LogP contribution < -0.4 is 0 Å². The molecule has 0 atom stereocenters. The van der Waals surface area contributed by atoms with Gasteiger partial charge in [0.25, 0.3) is 0 Å². The lowest BCUT2D eigenvalue weighted by Crippen LogP contribution is -1.87. The first kappa shape index (κ1) is 10.4. The second-order valence-corrected chi connectivity index (χ2v) is 4.05. The lowest BCUT2D eigenvalue weighted by molar-refractivity contribution is 1.12. The minimum absolute atomic E-state index is 1.05. The summed E-state index contributed by atoms with van der Waals surface area (Å²) in [4.78, 5) is 1.05. The standard InChI is InChI=1S/C12H16S/c1-4-11-7-9(2)5-6-12(11)8-10(3)13/h5-8,13H,4H2,1-3H3/b10-8+. The highest BCUT2D eigenvalue weighted by molar-refractivity contribution is 7.84. The molecule has 0 aliphatic rings. The van der Waals surface area contributed by atoms with E-state index in [9.17, 15) is 0 Å². The van der Waals surface area contributed by atoms with Gasteiger partial charge in [-0.05, 0) is 42.4 Å². The van der Waals surface area contributed by atoms with Gasteiger partial charge in [0, 0.05) is 0 Å². The monoisotopic (exact) mass is 192 g/mol. The molecule has 0 saturated heterocycles. The zero-order chi connectivity index (χ0) is 9.84. The van der Waals surface area contributed by atoms with Crippen LogP contribution in [0, 0.1) is 6.92 Å². The van der Waals surface area contributed by atoms with Crippen molar-refractivity contribution in [3.8, 4) is 0 Å². The van der Waals surface area contributed by atoms with E-state index < -0.39 is 0 Å². The Morgan fingerprint density at radius 2 is 2.15 bits per heavy atom. The molecule has 0 bridgehead atoms. The SMILES string of the molecule is CCc1cc(C)ccc1/C=C(\C)S. The van der Waals surface area contributed by atoms with Crippen molar-refractivity contribution < 1.29 is 0 Å². The Morgan fingerprint density at radius 3 is 2.69 bits per heavy atom. The first-order chi connectivity index (χ1) is 6.13. The molecule has 0 aliphatic heterocycles. The molecular formula is C12H16S. The average Bonchev–Trinajstić information content (AvgIpc) is 2.07. The predicted molar refractivity (Wildman–Crippen MR) is 63.2 cm³/mol. The van der Waals surface area contributed by atoms with Gasteiger partial charge in [-0.25, -0.2) is 0 Å². The Balaban J connectivity index is 3.14. The molecule has 0 N–H and O–H groups in total. The maximum Gasteiger partial charge on any atom is -0.0209 e. The molecule has 0 heterocycles. The molecule has 0 aromatic heterocycles. The van der Waals surface area contributed by atoms with E-state index in [1.807, 2.05) is 6.92 Å². The van der Waals surface area contributed by atoms with Crippen molar-refractivity contribution in [3.63, 3.8) is 0 Å². The second kappa shape index (κ2) is 4.52. The van der Waals surface area contributed by atoms with Crippen LogP contribution >= 0.6 is 12.6 Å². The number of benzene rings is 1. The van der Waals surface area contributed by atoms with Crippen LogP contribution in [0.25, 0.3) is 6.08 Å². The average molecular weight is 192 g/mol. The molecule has 0 spiro atoms. The Bertz CT molecular complexity index is 320. The third-order valence-corrected chi connectivity index (χ3v) is 2.17. The van der Waals surface area contributed by atoms with Gasteiger partial charge in [0.2, 0.25) is 0 Å². The number of hydrogen-bond acceptors (Lipinski definition) is 1. The zero-order valence-corrected chi connectivity index (χ0v) is 9.36. The maximum atomic E-state index is 4.28. The van der Waals surface area contributed by atoms with Crippen LogP contribution in [0.15, 0.2) is 23.1 Å². The molecule has 1 rings (SSSR count). The highest BCUT2D eigenvalue weighted by Crippen LogP contribution is 2.16. The topological polar surface area (TPSA) is 0 Å². The molecule has 1 heteroatoms. The summed E-state index contributed by atoms with van der Waals surface area (Å²) in [5.41, 5.74) is 4.01. The Morgan fingerprint density at radius 1 is 1.46 bits per heavy atom. The number of hydrogen-bond donors (Lipinski definition) is 1. The summed E-state index contributed by atoms with van der Waals surface area (Å²) in [5, 5.41) is 0. The van der Waals surface area contributed by atoms with Gasteiger partial charge in [-0.3, -0.25) is 0 Å². The molecule has 0 saturated carbocycles. The smallest absolute Gasteiger partial charge is 0.0209 e. The van der Waals surface area contributed by atoms with Crippen LogP contribution in [0.4, 0.5) is 0 Å². The first-order valence-corrected chi connectivity index (χ1v) is 5.05. The fourth-order valence-electron chi connectivity index (χ4n) is 1.41. The molecule has 0 unspecified atom stereocenters. The number of aryl methyl sites for hydroxylation is 2. The number of allylic oxidation sites excluding steroid dienone is 1. The van der Waals surface area contributed by atoms with Crippen molar-refractivity contribution >= 4 is 18.7 Å². The third-order valence-electron chi connectivity index (χ3n) is 2.04. The Kier molecular flexibility index (Phi) is 3.61. The fraction of sp³-hybridized carbons (Fsp3) is 0.333. The number of rotatable bonds is 2. The van der Waals surface area contributed by atoms with E-state index in [0.717, 1.165) is 11.3 Å². The molecule has 0 fully saturated rings. The van der Waals surface area contributed by atoms with Crippen molar-refractivity contribution in [1.29, 1.82) is 0 Å². The van der Waals surface area contributed by atoms with E-state index in [2.05, 4.69) is 50.8 Å². The van der Waals surface area contributed by atoms with Crippen LogP contribution in [0.3, 0.4) is 0 Å². The lowest BCUT2D eigenvalue weighted by Gasteiger charge is -2.04. The van der Waals surface area contributed by atoms with Crippen LogP contribution in [0.1, 0.15) is 30.5 Å². The molecule has 13 heavy (non-hydrogen) atoms. The molecule has 1 aromatic carbocycles. The molecule has 0 nitrogen and oxygen atoms in total. The highest BCUT2D eigenvalue weighted by atomic mass is 32.1. The largest absolute Gasteiger partial charge is 0.148 e. The Labute approximate surface area is 86.1 Å². The van der Waals surface area contributed by atoms with Gasteiger partial charge in [-0.2, -0.15) is 0 Å². The lowest BCUT2D eigenvalue weighted by atomic mass is 10.0. The van der Waals surface area contributed by atoms with Crippen LogP contribution in [-0.4, -0.2) is 0 Å². The quantitative estimate of drug-likeness (QED) is 0.676. The van der Waals surface area contributed by atoms with Gasteiger partial charge in [-0.1, -0.05) is 30.7 Å². The van der Waals surface area contributed by atoms with Crippen molar-refractivity contribution in [2.75, 3.05) is 0 Å². The van der Waals surface area contributed by atoms with E-state index in [0.29, 0.717) is 0 Å². The van der Waals surface area contributed by atoms with Crippen LogP contribution in [0.5, 0.6) is 0 Å². The molecule has 0 amide bonds. The summed E-state index contributed by atoms with van der Waals surface area (Å²) in [6.45, 7) is 6.31. The molecule has 70 valence electrons. The van der Waals surface area contributed by atoms with Gasteiger partial charge < -0.3 is 0 Å². The predicted octanol–water partition coefficient (Wildman–Crippen LogP) is 3.85. The summed E-state index contributed by atoms with van der Waals surface area (Å²) in [6, 6.07) is 6.54. The summed E-state index contributed by atoms with van der Waals surface area (Å²) in [5.74, 6) is 0. The Hall–Kier alpha value is -0.690. The zero-order valence-electron chi connectivity index (χ0n) is 8.46. The van der Waals surface area contributed by atoms with Crippen molar-refractivity contribution in [2.45, 2.75) is 27.2 Å². The molecule has 0 radical (unpaired) electrons. The summed E-state index contributed by atoms with van der Waals surface area (Å²) in [6.07, 6.45) is 3.19. The van der Waals surface area contributed by atoms with Crippen molar-refractivity contribution in [1.82, 2.24) is 0 Å². The van der Waals surface area contributed by atoms with E-state index in [1.165, 1.54) is 16.7 Å². The normalized spacial score (nSPS) is 11.8. The van der Waals surface area contributed by atoms with Crippen LogP contribution in [-0.2, 0) is 6.42 Å². The number of thiol groups is 1. The van der Waals surface area contributed by atoms with Gasteiger partial charge in [0.05, 0.1) is 0 Å². The summed E-state index contributed by atoms with van der Waals surface area (Å²) in [7, 11) is 0. The van der Waals surface area contributed by atoms with E-state index in [-0.39, 0.29) is 0 Å². The van der Waals surface area contributed by atoms with Crippen molar-refractivity contribution in [3.05, 3.63) is 39.8 Å². The van der Waals surface area contributed by atoms with Crippen molar-refractivity contribution in [2.24, 2.45) is 0 Å². The molecule has 1 aromatic rings. The van der Waals surface area contributed by atoms with Crippen LogP contribution in [0.2, 0.25) is 0 Å². The van der Waals surface area contributed by atoms with Gasteiger partial charge in [0.1, 0.15) is 0 Å². The van der Waals surface area contributed by atoms with Gasteiger partial charge in [-0.15, -0.1) is 12.6 Å². The second-order valence-electron chi connectivity index (χ2n) is 3.34. The minimum Gasteiger partial charge on any atom is -0.148 e. The maximum absolute atomic E-state index is 4.28. The first-order valence-electron chi connectivity index (χ1n) is 4.60. The third kappa shape index (κ3) is 2.92. The fourth-order valence-corrected chi connectivity index (χ4v) is 1.55. The van der Waals surface area contributed by atoms with E-state index in [1.54, 1.807) is 0 Å². The highest BCUT2D eigenvalue weighted by Gasteiger charge is 1.97. The minimum atomic E-state index is 1.05. The van der Waals surface area contributed by atoms with E-state index >= 15 is 0 Å². The van der Waals surface area contributed by atoms with E-state index in [4.69, 9.17) is 0 Å². The van der Waals surface area contributed by atoms with Gasteiger partial charge in [0.15, 0.2) is 0 Å². The molecular weight excluding hydrogens is 176 g/mol. The van der Waals surface area contributed by atoms with Gasteiger partial charge >= 0.3 is 0 Å². The summed E-state index contributed by atoms with van der Waals surface area (Å²) >= 11 is 4.28. The molecule has 0 aliphatic carbocycles.